The Hall–Kier alpha value is -3.37. The molecule has 5 heteroatoms. The molecule has 0 saturated carbocycles. The Kier molecular flexibility index (Phi) is 4.95. The first-order valence-corrected chi connectivity index (χ1v) is 9.54. The van der Waals surface area contributed by atoms with Gasteiger partial charge in [0, 0.05) is 21.8 Å². The third kappa shape index (κ3) is 3.43. The van der Waals surface area contributed by atoms with Crippen molar-refractivity contribution in [2.75, 3.05) is 5.32 Å². The largest absolute Gasteiger partial charge is 0.507 e. The fourth-order valence-electron chi connectivity index (χ4n) is 3.48. The summed E-state index contributed by atoms with van der Waals surface area (Å²) < 4.78 is 0. The Balaban J connectivity index is 1.91. The zero-order valence-electron chi connectivity index (χ0n) is 15.6. The van der Waals surface area contributed by atoms with Gasteiger partial charge in [0.1, 0.15) is 5.76 Å². The lowest BCUT2D eigenvalue weighted by Gasteiger charge is -2.27. The molecule has 3 aromatic carbocycles. The van der Waals surface area contributed by atoms with Crippen molar-refractivity contribution in [3.8, 4) is 0 Å². The Labute approximate surface area is 173 Å². The Morgan fingerprint density at radius 3 is 2.14 bits per heavy atom. The van der Waals surface area contributed by atoms with E-state index in [1.54, 1.807) is 48.5 Å². The number of ketones is 2. The molecule has 1 aliphatic carbocycles. The van der Waals surface area contributed by atoms with E-state index in [-0.39, 0.29) is 16.9 Å². The van der Waals surface area contributed by atoms with Gasteiger partial charge >= 0.3 is 0 Å². The van der Waals surface area contributed by atoms with Crippen LogP contribution < -0.4 is 5.32 Å². The molecule has 4 nitrogen and oxygen atoms in total. The maximum Gasteiger partial charge on any atom is 0.235 e. The first kappa shape index (κ1) is 19.0. The van der Waals surface area contributed by atoms with E-state index in [0.29, 0.717) is 16.1 Å². The molecule has 0 aromatic heterocycles. The number of aliphatic hydroxyl groups excluding tert-OH is 1. The second-order valence-corrected chi connectivity index (χ2v) is 7.34. The third-order valence-electron chi connectivity index (χ3n) is 5.00. The fraction of sp³-hybridized carbons (Fsp3) is 0.0833. The predicted octanol–water partition coefficient (Wildman–Crippen LogP) is 5.54. The van der Waals surface area contributed by atoms with Crippen LogP contribution in [0, 0.1) is 6.92 Å². The van der Waals surface area contributed by atoms with Crippen molar-refractivity contribution in [2.24, 2.45) is 0 Å². The molecule has 1 aliphatic rings. The van der Waals surface area contributed by atoms with Gasteiger partial charge in [-0.05, 0) is 30.7 Å². The number of aliphatic hydroxyl groups is 1. The molecule has 0 saturated heterocycles. The number of carbonyl (C=O) groups is 2. The summed E-state index contributed by atoms with van der Waals surface area (Å²) >= 11 is 6.42. The third-order valence-corrected chi connectivity index (χ3v) is 5.34. The van der Waals surface area contributed by atoms with Crippen LogP contribution in [0.15, 0.2) is 78.4 Å². The number of nitrogens with one attached hydrogen (secondary N) is 1. The van der Waals surface area contributed by atoms with E-state index in [4.69, 9.17) is 11.6 Å². The summed E-state index contributed by atoms with van der Waals surface area (Å²) in [6.45, 7) is 1.98. The normalized spacial score (nSPS) is 14.6. The summed E-state index contributed by atoms with van der Waals surface area (Å²) in [6, 6.07) is 20.4. The minimum Gasteiger partial charge on any atom is -0.507 e. The summed E-state index contributed by atoms with van der Waals surface area (Å²) in [4.78, 5) is 25.8. The highest BCUT2D eigenvalue weighted by molar-refractivity contribution is 6.52. The summed E-state index contributed by atoms with van der Waals surface area (Å²) in [5, 5.41) is 14.7. The van der Waals surface area contributed by atoms with Crippen LogP contribution in [0.5, 0.6) is 0 Å². The van der Waals surface area contributed by atoms with Crippen molar-refractivity contribution in [1.29, 1.82) is 0 Å². The van der Waals surface area contributed by atoms with Crippen LogP contribution in [0.1, 0.15) is 33.1 Å². The van der Waals surface area contributed by atoms with Crippen molar-refractivity contribution in [1.82, 2.24) is 0 Å². The molecule has 3 aromatic rings. The number of benzene rings is 3. The lowest BCUT2D eigenvalue weighted by Crippen LogP contribution is -2.30. The van der Waals surface area contributed by atoms with Crippen LogP contribution in [0.4, 0.5) is 5.69 Å². The number of hydrogen-bond acceptors (Lipinski definition) is 4. The predicted molar refractivity (Wildman–Crippen MR) is 114 cm³/mol. The summed E-state index contributed by atoms with van der Waals surface area (Å²) in [6.07, 6.45) is 0. The molecule has 4 rings (SSSR count). The molecule has 0 amide bonds. The number of Topliss-reactive ketones (excluding diaryl/α,β-unsaturated/α-hetero) is 2. The topological polar surface area (TPSA) is 66.4 Å². The number of anilines is 1. The highest BCUT2D eigenvalue weighted by Crippen LogP contribution is 2.38. The van der Waals surface area contributed by atoms with Gasteiger partial charge in [-0.3, -0.25) is 9.59 Å². The molecule has 0 aliphatic heterocycles. The van der Waals surface area contributed by atoms with E-state index in [0.717, 1.165) is 11.3 Å². The molecule has 29 heavy (non-hydrogen) atoms. The Morgan fingerprint density at radius 2 is 1.45 bits per heavy atom. The van der Waals surface area contributed by atoms with Gasteiger partial charge in [-0.15, -0.1) is 0 Å². The monoisotopic (exact) mass is 403 g/mol. The molecule has 2 N–H and O–H groups in total. The number of halogens is 1. The van der Waals surface area contributed by atoms with E-state index in [1.165, 1.54) is 0 Å². The second-order valence-electron chi connectivity index (χ2n) is 6.93. The van der Waals surface area contributed by atoms with Gasteiger partial charge in [-0.2, -0.15) is 0 Å². The number of rotatable bonds is 4. The lowest BCUT2D eigenvalue weighted by atomic mass is 9.83. The standard InChI is InChI=1S/C24H18ClNO3/c1-14-10-12-15(13-11-14)26-21(18-8-4-5-9-19(18)25)20-22(27)16-6-2-3-7-17(16)23(28)24(20)29/h2-13,21,26-27H,1H3. The molecular formula is C24H18ClNO3. The van der Waals surface area contributed by atoms with Gasteiger partial charge in [0.2, 0.25) is 11.6 Å². The van der Waals surface area contributed by atoms with Crippen LogP contribution in [-0.2, 0) is 4.79 Å². The molecule has 1 unspecified atom stereocenters. The van der Waals surface area contributed by atoms with E-state index in [1.807, 2.05) is 31.2 Å². The zero-order chi connectivity index (χ0) is 20.5. The van der Waals surface area contributed by atoms with Crippen LogP contribution in [0.3, 0.4) is 0 Å². The smallest absolute Gasteiger partial charge is 0.235 e. The number of carbonyl (C=O) groups excluding carboxylic acids is 2. The minimum absolute atomic E-state index is 0.0117. The molecule has 0 fully saturated rings. The summed E-state index contributed by atoms with van der Waals surface area (Å²) in [5.74, 6) is -1.60. The van der Waals surface area contributed by atoms with Gasteiger partial charge < -0.3 is 10.4 Å². The van der Waals surface area contributed by atoms with Crippen molar-refractivity contribution < 1.29 is 14.7 Å². The average molecular weight is 404 g/mol. The molecular weight excluding hydrogens is 386 g/mol. The number of fused-ring (bicyclic) bond motifs is 1. The lowest BCUT2D eigenvalue weighted by molar-refractivity contribution is -0.112. The number of hydrogen-bond donors (Lipinski definition) is 2. The zero-order valence-corrected chi connectivity index (χ0v) is 16.4. The highest BCUT2D eigenvalue weighted by atomic mass is 35.5. The van der Waals surface area contributed by atoms with E-state index in [9.17, 15) is 14.7 Å². The van der Waals surface area contributed by atoms with Crippen molar-refractivity contribution in [3.05, 3.63) is 106 Å². The van der Waals surface area contributed by atoms with Crippen LogP contribution in [0.25, 0.3) is 5.76 Å². The second kappa shape index (κ2) is 7.57. The van der Waals surface area contributed by atoms with Crippen molar-refractivity contribution in [2.45, 2.75) is 13.0 Å². The van der Waals surface area contributed by atoms with E-state index in [2.05, 4.69) is 5.32 Å². The molecule has 144 valence electrons. The average Bonchev–Trinajstić information content (AvgIpc) is 2.73. The maximum atomic E-state index is 13.0. The Morgan fingerprint density at radius 1 is 0.828 bits per heavy atom. The van der Waals surface area contributed by atoms with E-state index >= 15 is 0 Å². The fourth-order valence-corrected chi connectivity index (χ4v) is 3.73. The summed E-state index contributed by atoms with van der Waals surface area (Å²) in [5.41, 5.74) is 2.95. The van der Waals surface area contributed by atoms with Crippen LogP contribution >= 0.6 is 11.6 Å². The molecule has 0 bridgehead atoms. The van der Waals surface area contributed by atoms with Gasteiger partial charge in [0.25, 0.3) is 0 Å². The summed E-state index contributed by atoms with van der Waals surface area (Å²) in [7, 11) is 0. The SMILES string of the molecule is Cc1ccc(NC(C2=C(O)c3ccccc3C(=O)C2=O)c2ccccc2Cl)cc1. The van der Waals surface area contributed by atoms with Crippen molar-refractivity contribution >= 4 is 34.6 Å². The van der Waals surface area contributed by atoms with Gasteiger partial charge in [0.05, 0.1) is 11.6 Å². The van der Waals surface area contributed by atoms with Crippen molar-refractivity contribution in [3.63, 3.8) is 0 Å². The first-order valence-electron chi connectivity index (χ1n) is 9.16. The molecule has 1 atom stereocenters. The van der Waals surface area contributed by atoms with Gasteiger partial charge in [0.15, 0.2) is 0 Å². The quantitative estimate of drug-likeness (QED) is 0.561. The first-order chi connectivity index (χ1) is 14.0. The Bertz CT molecular complexity index is 1150. The highest BCUT2D eigenvalue weighted by Gasteiger charge is 2.38. The molecule has 0 radical (unpaired) electrons. The minimum atomic E-state index is -0.795. The van der Waals surface area contributed by atoms with Crippen LogP contribution in [-0.4, -0.2) is 16.7 Å². The maximum absolute atomic E-state index is 13.0. The van der Waals surface area contributed by atoms with Gasteiger partial charge in [-0.1, -0.05) is 71.8 Å². The van der Waals surface area contributed by atoms with E-state index < -0.39 is 17.6 Å². The molecule has 0 spiro atoms. The molecule has 0 heterocycles. The van der Waals surface area contributed by atoms with Crippen LogP contribution in [0.2, 0.25) is 5.02 Å². The van der Waals surface area contributed by atoms with Gasteiger partial charge in [-0.25, -0.2) is 0 Å². The number of aryl methyl sites for hydroxylation is 1.